The highest BCUT2D eigenvalue weighted by Gasteiger charge is 2.08. The molecule has 2 N–H and O–H groups in total. The van der Waals surface area contributed by atoms with E-state index in [1.165, 1.54) is 16.9 Å². The molecule has 0 radical (unpaired) electrons. The molecule has 0 unspecified atom stereocenters. The molecule has 5 nitrogen and oxygen atoms in total. The number of hydrogen-bond acceptors (Lipinski definition) is 4. The van der Waals surface area contributed by atoms with Gasteiger partial charge in [0.25, 0.3) is 0 Å². The molecule has 1 aromatic heterocycles. The molecule has 0 spiro atoms. The molecule has 6 heteroatoms. The fourth-order valence-corrected chi connectivity index (χ4v) is 2.98. The third-order valence-corrected chi connectivity index (χ3v) is 4.05. The fourth-order valence-electron chi connectivity index (χ4n) is 2.02. The highest BCUT2D eigenvalue weighted by atomic mass is 32.1. The summed E-state index contributed by atoms with van der Waals surface area (Å²) >= 11 is 1.45. The maximum absolute atomic E-state index is 12.0. The van der Waals surface area contributed by atoms with E-state index in [1.807, 2.05) is 19.1 Å². The first-order chi connectivity index (χ1) is 10.6. The number of benzene rings is 2. The van der Waals surface area contributed by atoms with Crippen molar-refractivity contribution in [2.24, 2.45) is 0 Å². The van der Waals surface area contributed by atoms with E-state index in [0.717, 1.165) is 16.0 Å². The van der Waals surface area contributed by atoms with Gasteiger partial charge >= 0.3 is 6.03 Å². The lowest BCUT2D eigenvalue weighted by Gasteiger charge is -2.06. The first-order valence-corrected chi connectivity index (χ1v) is 7.55. The number of nitrogens with zero attached hydrogens (tertiary/aromatic N) is 1. The van der Waals surface area contributed by atoms with E-state index >= 15 is 0 Å². The van der Waals surface area contributed by atoms with Crippen LogP contribution in [-0.4, -0.2) is 18.1 Å². The SMILES string of the molecule is COc1ccc(NC(=O)Nc2nc3ccc(C)cc3s2)cc1. The summed E-state index contributed by atoms with van der Waals surface area (Å²) in [6, 6.07) is 12.8. The number of amides is 2. The average Bonchev–Trinajstić information content (AvgIpc) is 2.89. The minimum absolute atomic E-state index is 0.319. The number of anilines is 2. The van der Waals surface area contributed by atoms with E-state index in [1.54, 1.807) is 31.4 Å². The van der Waals surface area contributed by atoms with Crippen LogP contribution in [0.3, 0.4) is 0 Å². The number of aryl methyl sites for hydroxylation is 1. The monoisotopic (exact) mass is 313 g/mol. The number of urea groups is 1. The van der Waals surface area contributed by atoms with E-state index in [2.05, 4.69) is 21.7 Å². The number of carbonyl (C=O) groups excluding carboxylic acids is 1. The largest absolute Gasteiger partial charge is 0.497 e. The van der Waals surface area contributed by atoms with Crippen molar-refractivity contribution in [3.63, 3.8) is 0 Å². The van der Waals surface area contributed by atoms with Crippen LogP contribution in [0, 0.1) is 6.92 Å². The average molecular weight is 313 g/mol. The van der Waals surface area contributed by atoms with Gasteiger partial charge in [-0.25, -0.2) is 9.78 Å². The van der Waals surface area contributed by atoms with Crippen molar-refractivity contribution < 1.29 is 9.53 Å². The number of ether oxygens (including phenoxy) is 1. The van der Waals surface area contributed by atoms with Crippen molar-refractivity contribution in [2.75, 3.05) is 17.7 Å². The Balaban J connectivity index is 1.69. The molecular formula is C16H15N3O2S. The summed E-state index contributed by atoms with van der Waals surface area (Å²) in [5, 5.41) is 6.09. The molecule has 1 heterocycles. The maximum Gasteiger partial charge on any atom is 0.325 e. The molecule has 3 rings (SSSR count). The third kappa shape index (κ3) is 3.17. The molecule has 3 aromatic rings. The summed E-state index contributed by atoms with van der Waals surface area (Å²) in [5.74, 6) is 0.743. The zero-order chi connectivity index (χ0) is 15.5. The number of hydrogen-bond donors (Lipinski definition) is 2. The summed E-state index contributed by atoms with van der Waals surface area (Å²) < 4.78 is 6.13. The molecule has 2 amide bonds. The first-order valence-electron chi connectivity index (χ1n) is 6.73. The third-order valence-electron chi connectivity index (χ3n) is 3.11. The van der Waals surface area contributed by atoms with Crippen LogP contribution < -0.4 is 15.4 Å². The van der Waals surface area contributed by atoms with Crippen LogP contribution in [-0.2, 0) is 0 Å². The van der Waals surface area contributed by atoms with Gasteiger partial charge < -0.3 is 10.1 Å². The minimum atomic E-state index is -0.319. The van der Waals surface area contributed by atoms with E-state index < -0.39 is 0 Å². The van der Waals surface area contributed by atoms with Gasteiger partial charge in [0, 0.05) is 5.69 Å². The summed E-state index contributed by atoms with van der Waals surface area (Å²) in [7, 11) is 1.60. The van der Waals surface area contributed by atoms with Gasteiger partial charge in [0.2, 0.25) is 0 Å². The topological polar surface area (TPSA) is 63.2 Å². The second-order valence-corrected chi connectivity index (χ2v) is 5.83. The summed E-state index contributed by atoms with van der Waals surface area (Å²) in [6.07, 6.45) is 0. The van der Waals surface area contributed by atoms with Crippen molar-refractivity contribution in [3.05, 3.63) is 48.0 Å². The van der Waals surface area contributed by atoms with E-state index in [4.69, 9.17) is 4.74 Å². The van der Waals surface area contributed by atoms with Crippen LogP contribution in [0.4, 0.5) is 15.6 Å². The summed E-state index contributed by atoms with van der Waals surface area (Å²) in [4.78, 5) is 16.4. The molecule has 0 saturated heterocycles. The Bertz CT molecular complexity index is 812. The number of rotatable bonds is 3. The minimum Gasteiger partial charge on any atom is -0.497 e. The van der Waals surface area contributed by atoms with Gasteiger partial charge in [-0.15, -0.1) is 0 Å². The van der Waals surface area contributed by atoms with Gasteiger partial charge in [-0.3, -0.25) is 5.32 Å². The predicted octanol–water partition coefficient (Wildman–Crippen LogP) is 4.26. The lowest BCUT2D eigenvalue weighted by Crippen LogP contribution is -2.19. The van der Waals surface area contributed by atoms with Crippen LogP contribution in [0.2, 0.25) is 0 Å². The first kappa shape index (κ1) is 14.3. The predicted molar refractivity (Wildman–Crippen MR) is 90.0 cm³/mol. The second kappa shape index (κ2) is 6.03. The molecule has 22 heavy (non-hydrogen) atoms. The lowest BCUT2D eigenvalue weighted by molar-refractivity contribution is 0.262. The highest BCUT2D eigenvalue weighted by molar-refractivity contribution is 7.22. The lowest BCUT2D eigenvalue weighted by atomic mass is 10.2. The highest BCUT2D eigenvalue weighted by Crippen LogP contribution is 2.26. The number of nitrogens with one attached hydrogen (secondary N) is 2. The smallest absolute Gasteiger partial charge is 0.325 e. The van der Waals surface area contributed by atoms with E-state index in [9.17, 15) is 4.79 Å². The molecule has 0 aliphatic heterocycles. The Morgan fingerprint density at radius 1 is 1.14 bits per heavy atom. The molecule has 0 aliphatic carbocycles. The van der Waals surface area contributed by atoms with Crippen molar-refractivity contribution in [3.8, 4) is 5.75 Å². The molecule has 0 fully saturated rings. The number of fused-ring (bicyclic) bond motifs is 1. The van der Waals surface area contributed by atoms with Gasteiger partial charge in [0.05, 0.1) is 17.3 Å². The molecule has 112 valence electrons. The van der Waals surface area contributed by atoms with Gasteiger partial charge in [0.1, 0.15) is 5.75 Å². The van der Waals surface area contributed by atoms with Crippen molar-refractivity contribution >= 4 is 38.4 Å². The van der Waals surface area contributed by atoms with Crippen molar-refractivity contribution in [1.29, 1.82) is 0 Å². The van der Waals surface area contributed by atoms with Crippen LogP contribution in [0.15, 0.2) is 42.5 Å². The van der Waals surface area contributed by atoms with Crippen LogP contribution in [0.5, 0.6) is 5.75 Å². The molecule has 0 atom stereocenters. The van der Waals surface area contributed by atoms with Crippen LogP contribution >= 0.6 is 11.3 Å². The quantitative estimate of drug-likeness (QED) is 0.759. The number of aromatic nitrogens is 1. The fraction of sp³-hybridized carbons (Fsp3) is 0.125. The Morgan fingerprint density at radius 2 is 1.91 bits per heavy atom. The zero-order valence-electron chi connectivity index (χ0n) is 12.2. The van der Waals surface area contributed by atoms with Crippen LogP contribution in [0.25, 0.3) is 10.2 Å². The number of methoxy groups -OCH3 is 1. The normalized spacial score (nSPS) is 10.5. The summed E-state index contributed by atoms with van der Waals surface area (Å²) in [5.41, 5.74) is 2.75. The van der Waals surface area contributed by atoms with E-state index in [0.29, 0.717) is 10.8 Å². The second-order valence-electron chi connectivity index (χ2n) is 4.80. The van der Waals surface area contributed by atoms with Gasteiger partial charge in [0.15, 0.2) is 5.13 Å². The molecular weight excluding hydrogens is 298 g/mol. The molecule has 0 saturated carbocycles. The van der Waals surface area contributed by atoms with Gasteiger partial charge in [-0.2, -0.15) is 0 Å². The zero-order valence-corrected chi connectivity index (χ0v) is 13.0. The Morgan fingerprint density at radius 3 is 2.64 bits per heavy atom. The van der Waals surface area contributed by atoms with Gasteiger partial charge in [-0.05, 0) is 48.9 Å². The Labute approximate surface area is 131 Å². The van der Waals surface area contributed by atoms with E-state index in [-0.39, 0.29) is 6.03 Å². The standard InChI is InChI=1S/C16H15N3O2S/c1-10-3-8-13-14(9-10)22-16(18-13)19-15(20)17-11-4-6-12(21-2)7-5-11/h3-9H,1-2H3,(H2,17,18,19,20). The van der Waals surface area contributed by atoms with Crippen molar-refractivity contribution in [2.45, 2.75) is 6.92 Å². The Kier molecular flexibility index (Phi) is 3.93. The number of thiazole rings is 1. The van der Waals surface area contributed by atoms with Crippen molar-refractivity contribution in [1.82, 2.24) is 4.98 Å². The maximum atomic E-state index is 12.0. The molecule has 0 bridgehead atoms. The molecule has 2 aromatic carbocycles. The van der Waals surface area contributed by atoms with Gasteiger partial charge in [-0.1, -0.05) is 17.4 Å². The number of carbonyl (C=O) groups is 1. The summed E-state index contributed by atoms with van der Waals surface area (Å²) in [6.45, 7) is 2.03. The Hall–Kier alpha value is -2.60. The van der Waals surface area contributed by atoms with Crippen LogP contribution in [0.1, 0.15) is 5.56 Å². The molecule has 0 aliphatic rings.